The molecule has 1 aliphatic rings. The van der Waals surface area contributed by atoms with E-state index in [1.165, 1.54) is 0 Å². The first kappa shape index (κ1) is 18.7. The smallest absolute Gasteiger partial charge is 0.251 e. The molecule has 7 heteroatoms. The molecule has 134 valence electrons. The van der Waals surface area contributed by atoms with Crippen molar-refractivity contribution in [3.05, 3.63) is 42.0 Å². The van der Waals surface area contributed by atoms with Crippen LogP contribution in [0.2, 0.25) is 0 Å². The summed E-state index contributed by atoms with van der Waals surface area (Å²) in [5.74, 6) is -1.02. The number of ketones is 1. The normalized spacial score (nSPS) is 20.8. The Morgan fingerprint density at radius 3 is 2.52 bits per heavy atom. The highest BCUT2D eigenvalue weighted by Gasteiger charge is 2.35. The lowest BCUT2D eigenvalue weighted by molar-refractivity contribution is -0.127. The van der Waals surface area contributed by atoms with Crippen molar-refractivity contribution in [2.24, 2.45) is 0 Å². The van der Waals surface area contributed by atoms with Gasteiger partial charge < -0.3 is 21.1 Å². The number of hydrogen-bond donors (Lipinski definition) is 3. The number of benzene rings is 1. The van der Waals surface area contributed by atoms with E-state index in [1.807, 2.05) is 0 Å². The van der Waals surface area contributed by atoms with Crippen LogP contribution in [-0.2, 0) is 14.3 Å². The predicted molar refractivity (Wildman–Crippen MR) is 93.9 cm³/mol. The van der Waals surface area contributed by atoms with E-state index < -0.39 is 30.0 Å². The van der Waals surface area contributed by atoms with Gasteiger partial charge in [-0.2, -0.15) is 0 Å². The van der Waals surface area contributed by atoms with Gasteiger partial charge in [-0.3, -0.25) is 14.4 Å². The number of carbonyl (C=O) groups is 3. The van der Waals surface area contributed by atoms with Gasteiger partial charge in [-0.05, 0) is 44.5 Å². The van der Waals surface area contributed by atoms with Gasteiger partial charge in [0.05, 0.1) is 6.10 Å². The Labute approximate surface area is 146 Å². The number of nitrogen functional groups attached to an aromatic ring is 1. The van der Waals surface area contributed by atoms with Crippen molar-refractivity contribution in [1.82, 2.24) is 10.6 Å². The highest BCUT2D eigenvalue weighted by atomic mass is 16.5. The molecule has 7 nitrogen and oxygen atoms in total. The SMILES string of the molecule is C=C(C)CC(NC(=O)c1ccc(N)cc1)C(=O)N[C@@H]1C(=O)CO[C@@H]1C. The van der Waals surface area contributed by atoms with Crippen LogP contribution in [-0.4, -0.2) is 42.4 Å². The van der Waals surface area contributed by atoms with Crippen molar-refractivity contribution >= 4 is 23.3 Å². The van der Waals surface area contributed by atoms with Gasteiger partial charge in [0.25, 0.3) is 5.91 Å². The molecule has 2 rings (SSSR count). The number of carbonyl (C=O) groups excluding carboxylic acids is 3. The average molecular weight is 345 g/mol. The summed E-state index contributed by atoms with van der Waals surface area (Å²) in [6.45, 7) is 7.26. The number of nitrogens with two attached hydrogens (primary N) is 1. The fourth-order valence-electron chi connectivity index (χ4n) is 2.55. The molecule has 1 fully saturated rings. The molecule has 0 saturated carbocycles. The summed E-state index contributed by atoms with van der Waals surface area (Å²) in [6.07, 6.45) is -0.127. The summed E-state index contributed by atoms with van der Waals surface area (Å²) in [5.41, 5.74) is 7.28. The Balaban J connectivity index is 2.08. The van der Waals surface area contributed by atoms with Gasteiger partial charge in [0.15, 0.2) is 5.78 Å². The Hall–Kier alpha value is -2.67. The molecule has 3 atom stereocenters. The minimum absolute atomic E-state index is 0.0188. The molecular weight excluding hydrogens is 322 g/mol. The van der Waals surface area contributed by atoms with Crippen molar-refractivity contribution in [2.45, 2.75) is 38.5 Å². The molecule has 4 N–H and O–H groups in total. The number of hydrogen-bond acceptors (Lipinski definition) is 5. The topological polar surface area (TPSA) is 111 Å². The number of amides is 2. The van der Waals surface area contributed by atoms with Crippen LogP contribution in [0, 0.1) is 0 Å². The van der Waals surface area contributed by atoms with Crippen molar-refractivity contribution in [1.29, 1.82) is 0 Å². The van der Waals surface area contributed by atoms with Crippen molar-refractivity contribution in [3.63, 3.8) is 0 Å². The largest absolute Gasteiger partial charge is 0.399 e. The van der Waals surface area contributed by atoms with Crippen molar-refractivity contribution in [2.75, 3.05) is 12.3 Å². The molecule has 25 heavy (non-hydrogen) atoms. The second-order valence-electron chi connectivity index (χ2n) is 6.28. The fourth-order valence-corrected chi connectivity index (χ4v) is 2.55. The fraction of sp³-hybridized carbons (Fsp3) is 0.389. The second kappa shape index (κ2) is 7.94. The molecule has 0 aromatic heterocycles. The third-order valence-corrected chi connectivity index (χ3v) is 3.95. The minimum Gasteiger partial charge on any atom is -0.399 e. The highest BCUT2D eigenvalue weighted by Crippen LogP contribution is 2.12. The maximum absolute atomic E-state index is 12.6. The molecule has 0 spiro atoms. The number of nitrogens with one attached hydrogen (secondary N) is 2. The van der Waals surface area contributed by atoms with Crippen molar-refractivity contribution < 1.29 is 19.1 Å². The maximum Gasteiger partial charge on any atom is 0.251 e. The van der Waals surface area contributed by atoms with Crippen LogP contribution in [0.1, 0.15) is 30.6 Å². The molecule has 1 unspecified atom stereocenters. The molecular formula is C18H23N3O4. The first-order valence-electron chi connectivity index (χ1n) is 8.03. The Morgan fingerprint density at radius 1 is 1.36 bits per heavy atom. The third-order valence-electron chi connectivity index (χ3n) is 3.95. The molecule has 1 heterocycles. The van der Waals surface area contributed by atoms with Gasteiger partial charge in [-0.25, -0.2) is 0 Å². The second-order valence-corrected chi connectivity index (χ2v) is 6.28. The molecule has 0 aliphatic carbocycles. The Kier molecular flexibility index (Phi) is 5.93. The first-order valence-corrected chi connectivity index (χ1v) is 8.03. The van der Waals surface area contributed by atoms with Crippen LogP contribution in [0.25, 0.3) is 0 Å². The zero-order chi connectivity index (χ0) is 18.6. The summed E-state index contributed by atoms with van der Waals surface area (Å²) in [7, 11) is 0. The third kappa shape index (κ3) is 4.90. The van der Waals surface area contributed by atoms with Crippen LogP contribution >= 0.6 is 0 Å². The molecule has 1 aliphatic heterocycles. The molecule has 1 aromatic carbocycles. The zero-order valence-corrected chi connectivity index (χ0v) is 14.4. The van der Waals surface area contributed by atoms with E-state index in [-0.39, 0.29) is 18.8 Å². The number of Topliss-reactive ketones (excluding diaryl/α,β-unsaturated/α-hetero) is 1. The molecule has 2 amide bonds. The van der Waals surface area contributed by atoms with Gasteiger partial charge >= 0.3 is 0 Å². The maximum atomic E-state index is 12.6. The van der Waals surface area contributed by atoms with Crippen LogP contribution in [0.15, 0.2) is 36.4 Å². The van der Waals surface area contributed by atoms with E-state index >= 15 is 0 Å². The quantitative estimate of drug-likeness (QED) is 0.522. The summed E-state index contributed by atoms with van der Waals surface area (Å²) >= 11 is 0. The van der Waals surface area contributed by atoms with Crippen LogP contribution < -0.4 is 16.4 Å². The predicted octanol–water partition coefficient (Wildman–Crippen LogP) is 0.806. The molecule has 0 bridgehead atoms. The molecule has 0 radical (unpaired) electrons. The Bertz CT molecular complexity index is 684. The van der Waals surface area contributed by atoms with Crippen LogP contribution in [0.3, 0.4) is 0 Å². The number of rotatable bonds is 6. The molecule has 1 aromatic rings. The van der Waals surface area contributed by atoms with Crippen LogP contribution in [0.4, 0.5) is 5.69 Å². The van der Waals surface area contributed by atoms with E-state index in [2.05, 4.69) is 17.2 Å². The standard InChI is InChI=1S/C18H23N3O4/c1-10(2)8-14(18(24)21-16-11(3)25-9-15(16)22)20-17(23)12-4-6-13(19)7-5-12/h4-7,11,14,16H,1,8-9,19H2,2-3H3,(H,20,23)(H,21,24)/t11-,14?,16+/m1/s1. The lowest BCUT2D eigenvalue weighted by Gasteiger charge is -2.22. The number of anilines is 1. The lowest BCUT2D eigenvalue weighted by atomic mass is 10.1. The number of ether oxygens (including phenoxy) is 1. The van der Waals surface area contributed by atoms with E-state index in [4.69, 9.17) is 10.5 Å². The van der Waals surface area contributed by atoms with Crippen LogP contribution in [0.5, 0.6) is 0 Å². The van der Waals surface area contributed by atoms with Gasteiger partial charge in [0, 0.05) is 11.3 Å². The van der Waals surface area contributed by atoms with Gasteiger partial charge in [0.2, 0.25) is 5.91 Å². The van der Waals surface area contributed by atoms with Gasteiger partial charge in [0.1, 0.15) is 18.7 Å². The van der Waals surface area contributed by atoms with E-state index in [1.54, 1.807) is 38.1 Å². The summed E-state index contributed by atoms with van der Waals surface area (Å²) in [4.78, 5) is 36.7. The Morgan fingerprint density at radius 2 is 2.00 bits per heavy atom. The van der Waals surface area contributed by atoms with E-state index in [0.29, 0.717) is 11.3 Å². The average Bonchev–Trinajstić information content (AvgIpc) is 2.86. The lowest BCUT2D eigenvalue weighted by Crippen LogP contribution is -2.53. The first-order chi connectivity index (χ1) is 11.8. The van der Waals surface area contributed by atoms with Crippen molar-refractivity contribution in [3.8, 4) is 0 Å². The zero-order valence-electron chi connectivity index (χ0n) is 14.4. The van der Waals surface area contributed by atoms with Gasteiger partial charge in [-0.1, -0.05) is 5.57 Å². The highest BCUT2D eigenvalue weighted by molar-refractivity contribution is 5.99. The minimum atomic E-state index is -0.830. The summed E-state index contributed by atoms with van der Waals surface area (Å²) < 4.78 is 5.22. The van der Waals surface area contributed by atoms with E-state index in [9.17, 15) is 14.4 Å². The monoisotopic (exact) mass is 345 g/mol. The summed E-state index contributed by atoms with van der Waals surface area (Å²) in [6, 6.07) is 4.85. The molecule has 1 saturated heterocycles. The summed E-state index contributed by atoms with van der Waals surface area (Å²) in [5, 5.41) is 5.34. The van der Waals surface area contributed by atoms with Gasteiger partial charge in [-0.15, -0.1) is 6.58 Å². The van der Waals surface area contributed by atoms with E-state index in [0.717, 1.165) is 5.57 Å².